The number of halogens is 9. The lowest BCUT2D eigenvalue weighted by atomic mass is 9.88. The number of rotatable bonds is 4. The molecule has 3 rings (SSSR count). The Morgan fingerprint density at radius 2 is 1.69 bits per heavy atom. The Kier molecular flexibility index (Phi) is 6.66. The van der Waals surface area contributed by atoms with Crippen LogP contribution in [0.4, 0.5) is 26.3 Å². The molecule has 2 aromatic rings. The lowest BCUT2D eigenvalue weighted by Gasteiger charge is -2.31. The first-order valence-electron chi connectivity index (χ1n) is 8.77. The molecule has 0 spiro atoms. The van der Waals surface area contributed by atoms with Gasteiger partial charge in [0.15, 0.2) is 0 Å². The number of amides is 1. The number of hydrogen-bond donors (Lipinski definition) is 1. The third kappa shape index (κ3) is 5.27. The zero-order valence-corrected chi connectivity index (χ0v) is 17.9. The number of alkyl halides is 6. The number of ether oxygens (including phenoxy) is 1. The molecule has 32 heavy (non-hydrogen) atoms. The highest BCUT2D eigenvalue weighted by atomic mass is 35.5. The van der Waals surface area contributed by atoms with Gasteiger partial charge in [-0.1, -0.05) is 34.8 Å². The van der Waals surface area contributed by atoms with Gasteiger partial charge >= 0.3 is 12.4 Å². The summed E-state index contributed by atoms with van der Waals surface area (Å²) in [4.78, 5) is 11.6. The predicted octanol–water partition coefficient (Wildman–Crippen LogP) is 6.64. The second-order valence-electron chi connectivity index (χ2n) is 6.91. The largest absolute Gasteiger partial charge is 0.472 e. The van der Waals surface area contributed by atoms with Crippen molar-refractivity contribution in [2.45, 2.75) is 24.4 Å². The van der Waals surface area contributed by atoms with Gasteiger partial charge in [0.1, 0.15) is 12.3 Å². The highest BCUT2D eigenvalue weighted by molar-refractivity contribution is 6.50. The molecule has 12 heteroatoms. The number of carbonyl (C=O) groups excluding carboxylic acids is 1. The molecular formula is C20H12Cl3F6NO2. The lowest BCUT2D eigenvalue weighted by molar-refractivity contribution is -0.248. The van der Waals surface area contributed by atoms with Crippen molar-refractivity contribution in [1.29, 1.82) is 0 Å². The highest BCUT2D eigenvalue weighted by Crippen LogP contribution is 2.52. The fraction of sp³-hybridized carbons (Fsp3) is 0.250. The maximum atomic E-state index is 14.1. The van der Waals surface area contributed by atoms with Crippen LogP contribution in [0.25, 0.3) is 5.03 Å². The maximum Gasteiger partial charge on any atom is 0.432 e. The summed E-state index contributed by atoms with van der Waals surface area (Å²) in [5, 5.41) is 1.34. The van der Waals surface area contributed by atoms with Crippen molar-refractivity contribution in [2.24, 2.45) is 0 Å². The van der Waals surface area contributed by atoms with Gasteiger partial charge in [0, 0.05) is 28.1 Å². The summed E-state index contributed by atoms with van der Waals surface area (Å²) in [5.74, 6) is -1.18. The van der Waals surface area contributed by atoms with Crippen LogP contribution in [0.5, 0.6) is 5.75 Å². The van der Waals surface area contributed by atoms with Gasteiger partial charge in [0.05, 0.1) is 5.03 Å². The van der Waals surface area contributed by atoms with E-state index in [0.717, 1.165) is 12.1 Å². The van der Waals surface area contributed by atoms with Gasteiger partial charge in [-0.25, -0.2) is 0 Å². The topological polar surface area (TPSA) is 38.3 Å². The zero-order chi connectivity index (χ0) is 23.9. The fourth-order valence-corrected chi connectivity index (χ4v) is 3.91. The first kappa shape index (κ1) is 24.5. The van der Waals surface area contributed by atoms with Crippen LogP contribution in [0.3, 0.4) is 0 Å². The molecule has 172 valence electrons. The zero-order valence-electron chi connectivity index (χ0n) is 15.7. The Morgan fingerprint density at radius 3 is 2.25 bits per heavy atom. The summed E-state index contributed by atoms with van der Waals surface area (Å²) in [6.45, 7) is -1.55. The molecule has 1 N–H and O–H groups in total. The van der Waals surface area contributed by atoms with Crippen LogP contribution in [0.1, 0.15) is 16.7 Å². The molecule has 0 saturated heterocycles. The van der Waals surface area contributed by atoms with Crippen molar-refractivity contribution in [3.63, 3.8) is 0 Å². The third-order valence-electron chi connectivity index (χ3n) is 4.57. The fourth-order valence-electron chi connectivity index (χ4n) is 3.16. The van der Waals surface area contributed by atoms with Crippen LogP contribution in [0, 0.1) is 0 Å². The number of fused-ring (bicyclic) bond motifs is 1. The smallest absolute Gasteiger partial charge is 0.432 e. The van der Waals surface area contributed by atoms with E-state index in [1.165, 1.54) is 24.3 Å². The van der Waals surface area contributed by atoms with E-state index < -0.39 is 36.8 Å². The maximum absolute atomic E-state index is 14.1. The Hall–Kier alpha value is -2.10. The quantitative estimate of drug-likeness (QED) is 0.364. The first-order valence-corrected chi connectivity index (χ1v) is 9.91. The molecule has 1 aliphatic heterocycles. The molecule has 1 unspecified atom stereocenters. The normalized spacial score (nSPS) is 18.8. The Morgan fingerprint density at radius 1 is 1.06 bits per heavy atom. The minimum absolute atomic E-state index is 0.00721. The van der Waals surface area contributed by atoms with Gasteiger partial charge in [-0.05, 0) is 47.5 Å². The predicted molar refractivity (Wildman–Crippen MR) is 108 cm³/mol. The lowest BCUT2D eigenvalue weighted by Crippen LogP contribution is -2.46. The molecule has 1 amide bonds. The van der Waals surface area contributed by atoms with Crippen molar-refractivity contribution in [3.05, 3.63) is 69.2 Å². The number of carbonyl (C=O) groups is 1. The first-order chi connectivity index (χ1) is 14.7. The molecule has 3 nitrogen and oxygen atoms in total. The highest BCUT2D eigenvalue weighted by Gasteiger charge is 2.61. The van der Waals surface area contributed by atoms with Crippen LogP contribution in [-0.2, 0) is 16.8 Å². The molecule has 1 heterocycles. The van der Waals surface area contributed by atoms with E-state index in [-0.39, 0.29) is 37.5 Å². The monoisotopic (exact) mass is 517 g/mol. The molecular weight excluding hydrogens is 507 g/mol. The van der Waals surface area contributed by atoms with E-state index in [1.54, 1.807) is 5.32 Å². The summed E-state index contributed by atoms with van der Waals surface area (Å²) in [7, 11) is 0. The van der Waals surface area contributed by atoms with Gasteiger partial charge in [0.25, 0.3) is 0 Å². The van der Waals surface area contributed by atoms with Crippen molar-refractivity contribution < 1.29 is 35.9 Å². The van der Waals surface area contributed by atoms with E-state index in [9.17, 15) is 31.1 Å². The molecule has 1 atom stereocenters. The second kappa shape index (κ2) is 8.68. The van der Waals surface area contributed by atoms with Gasteiger partial charge in [-0.15, -0.1) is 0 Å². The van der Waals surface area contributed by atoms with Crippen molar-refractivity contribution >= 4 is 45.7 Å². The van der Waals surface area contributed by atoms with E-state index in [0.29, 0.717) is 6.08 Å². The standard InChI is InChI=1S/C20H12Cl3F6NO2/c21-13-4-12(5-14(22)6-13)18(20(27,28)29)8-11-3-10(1-2-16(11)32-18)15(23)7-17(31)30-9-19(24,25)26/h1-7H,8-9H2,(H,30,31)/b15-7-. The second-order valence-corrected chi connectivity index (χ2v) is 8.19. The summed E-state index contributed by atoms with van der Waals surface area (Å²) in [6.07, 6.45) is -9.39. The summed E-state index contributed by atoms with van der Waals surface area (Å²) < 4.78 is 84.4. The van der Waals surface area contributed by atoms with Crippen molar-refractivity contribution in [3.8, 4) is 5.75 Å². The van der Waals surface area contributed by atoms with Crippen LogP contribution in [0.2, 0.25) is 10.0 Å². The molecule has 0 radical (unpaired) electrons. The Bertz CT molecular complexity index is 1060. The van der Waals surface area contributed by atoms with Gasteiger partial charge in [-0.3, -0.25) is 4.79 Å². The van der Waals surface area contributed by atoms with Gasteiger partial charge in [0.2, 0.25) is 11.5 Å². The van der Waals surface area contributed by atoms with Crippen molar-refractivity contribution in [1.82, 2.24) is 5.32 Å². The van der Waals surface area contributed by atoms with E-state index >= 15 is 0 Å². The molecule has 0 saturated carbocycles. The van der Waals surface area contributed by atoms with Gasteiger partial charge in [-0.2, -0.15) is 26.3 Å². The van der Waals surface area contributed by atoms with Crippen LogP contribution in [0.15, 0.2) is 42.5 Å². The van der Waals surface area contributed by atoms with E-state index in [1.807, 2.05) is 0 Å². The van der Waals surface area contributed by atoms with Crippen molar-refractivity contribution in [2.75, 3.05) is 6.54 Å². The SMILES string of the molecule is O=C(/C=C(\Cl)c1ccc2c(c1)CC(c1cc(Cl)cc(Cl)c1)(C(F)(F)F)O2)NCC(F)(F)F. The molecule has 0 bridgehead atoms. The van der Waals surface area contributed by atoms with E-state index in [4.69, 9.17) is 39.5 Å². The number of nitrogens with one attached hydrogen (secondary N) is 1. The van der Waals surface area contributed by atoms with Crippen LogP contribution >= 0.6 is 34.8 Å². The molecule has 1 aliphatic rings. The summed E-state index contributed by atoms with van der Waals surface area (Å²) in [5.41, 5.74) is -2.81. The molecule has 2 aromatic carbocycles. The average Bonchev–Trinajstić information content (AvgIpc) is 3.05. The summed E-state index contributed by atoms with van der Waals surface area (Å²) in [6, 6.07) is 7.27. The van der Waals surface area contributed by atoms with E-state index in [2.05, 4.69) is 0 Å². The molecule has 0 aromatic heterocycles. The molecule has 0 fully saturated rings. The summed E-state index contributed by atoms with van der Waals surface area (Å²) >= 11 is 17.8. The third-order valence-corrected chi connectivity index (χ3v) is 5.33. The number of benzene rings is 2. The minimum Gasteiger partial charge on any atom is -0.472 e. The van der Waals surface area contributed by atoms with Crippen LogP contribution in [-0.4, -0.2) is 24.8 Å². The number of hydrogen-bond acceptors (Lipinski definition) is 2. The average molecular weight is 519 g/mol. The Balaban J connectivity index is 1.92. The van der Waals surface area contributed by atoms with Gasteiger partial charge < -0.3 is 10.1 Å². The van der Waals surface area contributed by atoms with Crippen LogP contribution < -0.4 is 10.1 Å². The minimum atomic E-state index is -4.85. The molecule has 0 aliphatic carbocycles. The Labute approximate surface area is 192 Å².